The highest BCUT2D eigenvalue weighted by Gasteiger charge is 2.33. The van der Waals surface area contributed by atoms with Gasteiger partial charge in [-0.15, -0.1) is 0 Å². The van der Waals surface area contributed by atoms with Gasteiger partial charge in [-0.05, 0) is 55.3 Å². The number of aryl methyl sites for hydroxylation is 1. The highest BCUT2D eigenvalue weighted by molar-refractivity contribution is 5.70. The molecule has 2 aromatic carbocycles. The van der Waals surface area contributed by atoms with Gasteiger partial charge in [-0.2, -0.15) is 13.2 Å². The quantitative estimate of drug-likeness (QED) is 0.703. The molecule has 4 nitrogen and oxygen atoms in total. The Hall–Kier alpha value is -2.70. The van der Waals surface area contributed by atoms with Gasteiger partial charge in [0.1, 0.15) is 5.75 Å². The van der Waals surface area contributed by atoms with E-state index in [0.717, 1.165) is 6.07 Å². The zero-order chi connectivity index (χ0) is 19.2. The largest absolute Gasteiger partial charge is 0.497 e. The number of ether oxygens (including phenoxy) is 2. The minimum Gasteiger partial charge on any atom is -0.497 e. The number of carbonyl (C=O) groups is 1. The maximum Gasteiger partial charge on any atom is 0.418 e. The predicted octanol–water partition coefficient (Wildman–Crippen LogP) is 4.95. The van der Waals surface area contributed by atoms with Crippen molar-refractivity contribution in [3.05, 3.63) is 53.6 Å². The van der Waals surface area contributed by atoms with Gasteiger partial charge >= 0.3 is 12.1 Å². The van der Waals surface area contributed by atoms with Crippen LogP contribution in [0.5, 0.6) is 5.75 Å². The van der Waals surface area contributed by atoms with Gasteiger partial charge in [-0.3, -0.25) is 4.79 Å². The SMILES string of the molecule is CCOC(=O)CCc1ccc(C(F)(F)F)c(Nc2ccc(OC)cc2)c1. The molecular weight excluding hydrogens is 347 g/mol. The smallest absolute Gasteiger partial charge is 0.418 e. The van der Waals surface area contributed by atoms with Crippen molar-refractivity contribution >= 4 is 17.3 Å². The topological polar surface area (TPSA) is 47.6 Å². The molecule has 140 valence electrons. The molecule has 0 atom stereocenters. The van der Waals surface area contributed by atoms with Crippen LogP contribution < -0.4 is 10.1 Å². The summed E-state index contributed by atoms with van der Waals surface area (Å²) in [7, 11) is 1.51. The van der Waals surface area contributed by atoms with E-state index >= 15 is 0 Å². The molecule has 0 bridgehead atoms. The predicted molar refractivity (Wildman–Crippen MR) is 92.7 cm³/mol. The zero-order valence-electron chi connectivity index (χ0n) is 14.5. The van der Waals surface area contributed by atoms with Gasteiger partial charge in [0.15, 0.2) is 0 Å². The Labute approximate surface area is 149 Å². The number of hydrogen-bond donors (Lipinski definition) is 1. The third-order valence-corrected chi connectivity index (χ3v) is 3.68. The number of esters is 1. The van der Waals surface area contributed by atoms with Crippen molar-refractivity contribution < 1.29 is 27.4 Å². The first-order chi connectivity index (χ1) is 12.3. The number of hydrogen-bond acceptors (Lipinski definition) is 4. The summed E-state index contributed by atoms with van der Waals surface area (Å²) in [4.78, 5) is 11.4. The molecule has 0 spiro atoms. The van der Waals surface area contributed by atoms with Crippen molar-refractivity contribution in [2.24, 2.45) is 0 Å². The minimum absolute atomic E-state index is 0.0657. The molecule has 1 N–H and O–H groups in total. The van der Waals surface area contributed by atoms with E-state index in [4.69, 9.17) is 9.47 Å². The van der Waals surface area contributed by atoms with E-state index in [2.05, 4.69) is 5.32 Å². The van der Waals surface area contributed by atoms with E-state index in [1.54, 1.807) is 31.2 Å². The van der Waals surface area contributed by atoms with Gasteiger partial charge in [-0.25, -0.2) is 0 Å². The molecule has 7 heteroatoms. The van der Waals surface area contributed by atoms with E-state index < -0.39 is 11.7 Å². The van der Waals surface area contributed by atoms with Gasteiger partial charge < -0.3 is 14.8 Å². The Bertz CT molecular complexity index is 743. The van der Waals surface area contributed by atoms with Crippen LogP contribution in [0.15, 0.2) is 42.5 Å². The maximum atomic E-state index is 13.3. The van der Waals surface area contributed by atoms with Crippen LogP contribution in [0.1, 0.15) is 24.5 Å². The fourth-order valence-electron chi connectivity index (χ4n) is 2.41. The monoisotopic (exact) mass is 367 g/mol. The van der Waals surface area contributed by atoms with Gasteiger partial charge in [-0.1, -0.05) is 6.07 Å². The summed E-state index contributed by atoms with van der Waals surface area (Å²) in [5.74, 6) is 0.229. The molecule has 0 radical (unpaired) electrons. The van der Waals surface area contributed by atoms with Crippen LogP contribution in [0.25, 0.3) is 0 Å². The standard InChI is InChI=1S/C19H20F3NO3/c1-3-26-18(24)11-5-13-4-10-16(19(20,21)22)17(12-13)23-14-6-8-15(25-2)9-7-14/h4,6-10,12,23H,3,5,11H2,1-2H3. The summed E-state index contributed by atoms with van der Waals surface area (Å²) < 4.78 is 49.7. The van der Waals surface area contributed by atoms with Crippen LogP contribution in [-0.2, 0) is 22.1 Å². The molecule has 0 aromatic heterocycles. The fourth-order valence-corrected chi connectivity index (χ4v) is 2.41. The Kier molecular flexibility index (Phi) is 6.49. The molecule has 0 aliphatic rings. The maximum absolute atomic E-state index is 13.3. The lowest BCUT2D eigenvalue weighted by Gasteiger charge is -2.16. The second kappa shape index (κ2) is 8.60. The lowest BCUT2D eigenvalue weighted by atomic mass is 10.0. The normalized spacial score (nSPS) is 11.1. The average Bonchev–Trinajstić information content (AvgIpc) is 2.60. The van der Waals surface area contributed by atoms with Crippen LogP contribution >= 0.6 is 0 Å². The number of methoxy groups -OCH3 is 1. The molecule has 0 fully saturated rings. The van der Waals surface area contributed by atoms with Crippen molar-refractivity contribution in [3.8, 4) is 5.75 Å². The summed E-state index contributed by atoms with van der Waals surface area (Å²) in [6.07, 6.45) is -4.08. The van der Waals surface area contributed by atoms with Crippen molar-refractivity contribution in [1.82, 2.24) is 0 Å². The van der Waals surface area contributed by atoms with Gasteiger partial charge in [0.25, 0.3) is 0 Å². The molecule has 0 heterocycles. The van der Waals surface area contributed by atoms with Crippen LogP contribution in [-0.4, -0.2) is 19.7 Å². The molecule has 26 heavy (non-hydrogen) atoms. The molecular formula is C19H20F3NO3. The first-order valence-electron chi connectivity index (χ1n) is 8.10. The van der Waals surface area contributed by atoms with Crippen molar-refractivity contribution in [1.29, 1.82) is 0 Å². The van der Waals surface area contributed by atoms with Crippen LogP contribution in [0.4, 0.5) is 24.5 Å². The molecule has 0 aliphatic heterocycles. The summed E-state index contributed by atoms with van der Waals surface area (Å²) in [5.41, 5.74) is 0.276. The van der Waals surface area contributed by atoms with Crippen LogP contribution in [0, 0.1) is 0 Å². The Balaban J connectivity index is 2.24. The second-order valence-electron chi connectivity index (χ2n) is 5.54. The number of benzene rings is 2. The number of carbonyl (C=O) groups excluding carboxylic acids is 1. The van der Waals surface area contributed by atoms with E-state index in [0.29, 0.717) is 23.4 Å². The number of halogens is 3. The van der Waals surface area contributed by atoms with Crippen molar-refractivity contribution in [3.63, 3.8) is 0 Å². The van der Waals surface area contributed by atoms with Crippen LogP contribution in [0.2, 0.25) is 0 Å². The summed E-state index contributed by atoms with van der Waals surface area (Å²) in [6.45, 7) is 1.98. The van der Waals surface area contributed by atoms with E-state index in [1.807, 2.05) is 0 Å². The Morgan fingerprint density at radius 2 is 1.81 bits per heavy atom. The van der Waals surface area contributed by atoms with Gasteiger partial charge in [0.2, 0.25) is 0 Å². The van der Waals surface area contributed by atoms with E-state index in [-0.39, 0.29) is 24.7 Å². The fraction of sp³-hybridized carbons (Fsp3) is 0.316. The second-order valence-corrected chi connectivity index (χ2v) is 5.54. The first-order valence-corrected chi connectivity index (χ1v) is 8.10. The molecule has 0 aliphatic carbocycles. The number of rotatable bonds is 7. The first kappa shape index (κ1) is 19.6. The van der Waals surface area contributed by atoms with E-state index in [9.17, 15) is 18.0 Å². The zero-order valence-corrected chi connectivity index (χ0v) is 14.5. The molecule has 0 amide bonds. The van der Waals surface area contributed by atoms with Gasteiger partial charge in [0, 0.05) is 12.1 Å². The number of anilines is 2. The Morgan fingerprint density at radius 3 is 2.38 bits per heavy atom. The summed E-state index contributed by atoms with van der Waals surface area (Å²) in [6, 6.07) is 10.4. The molecule has 2 aromatic rings. The lowest BCUT2D eigenvalue weighted by molar-refractivity contribution is -0.143. The number of alkyl halides is 3. The highest BCUT2D eigenvalue weighted by atomic mass is 19.4. The number of nitrogens with one attached hydrogen (secondary N) is 1. The molecule has 0 unspecified atom stereocenters. The molecule has 0 saturated heterocycles. The molecule has 0 saturated carbocycles. The molecule has 2 rings (SSSR count). The van der Waals surface area contributed by atoms with Crippen molar-refractivity contribution in [2.45, 2.75) is 25.9 Å². The summed E-state index contributed by atoms with van der Waals surface area (Å²) >= 11 is 0. The van der Waals surface area contributed by atoms with Crippen LogP contribution in [0.3, 0.4) is 0 Å². The minimum atomic E-state index is -4.49. The highest BCUT2D eigenvalue weighted by Crippen LogP contribution is 2.37. The third-order valence-electron chi connectivity index (χ3n) is 3.68. The third kappa shape index (κ3) is 5.40. The van der Waals surface area contributed by atoms with E-state index in [1.165, 1.54) is 19.2 Å². The Morgan fingerprint density at radius 1 is 1.12 bits per heavy atom. The van der Waals surface area contributed by atoms with Gasteiger partial charge in [0.05, 0.1) is 25.0 Å². The average molecular weight is 367 g/mol. The lowest BCUT2D eigenvalue weighted by Crippen LogP contribution is -2.10. The summed E-state index contributed by atoms with van der Waals surface area (Å²) in [5, 5.41) is 2.79. The van der Waals surface area contributed by atoms with Crippen molar-refractivity contribution in [2.75, 3.05) is 19.0 Å².